The van der Waals surface area contributed by atoms with Crippen molar-refractivity contribution < 1.29 is 9.13 Å². The Hall–Kier alpha value is -2.05. The Labute approximate surface area is 141 Å². The van der Waals surface area contributed by atoms with Gasteiger partial charge in [-0.15, -0.1) is 0 Å². The van der Waals surface area contributed by atoms with Crippen LogP contribution in [0.5, 0.6) is 5.75 Å². The standard InChI is InChI=1S/C18H23FN4O/c1-24-18-5-3-2-4-15(18)9-20-10-17-6-16(19)12-23(17)11-14-7-21-13-22-8-14/h2-5,7-8,13,16-17,20H,6,9-12H2,1H3/t16-,17-/m0/s1. The zero-order valence-electron chi connectivity index (χ0n) is 13.9. The lowest BCUT2D eigenvalue weighted by Crippen LogP contribution is -2.37. The van der Waals surface area contributed by atoms with Crippen LogP contribution in [-0.4, -0.2) is 47.3 Å². The average molecular weight is 330 g/mol. The van der Waals surface area contributed by atoms with Gasteiger partial charge in [0, 0.05) is 55.7 Å². The molecule has 24 heavy (non-hydrogen) atoms. The fraction of sp³-hybridized carbons (Fsp3) is 0.444. The molecule has 0 saturated carbocycles. The maximum absolute atomic E-state index is 13.9. The Kier molecular flexibility index (Phi) is 5.72. The van der Waals surface area contributed by atoms with Crippen molar-refractivity contribution in [2.45, 2.75) is 31.7 Å². The van der Waals surface area contributed by atoms with E-state index in [4.69, 9.17) is 4.74 Å². The Morgan fingerprint density at radius 1 is 1.29 bits per heavy atom. The Balaban J connectivity index is 1.55. The molecule has 0 amide bonds. The van der Waals surface area contributed by atoms with Gasteiger partial charge in [0.15, 0.2) is 0 Å². The third-order valence-corrected chi connectivity index (χ3v) is 4.36. The minimum atomic E-state index is -0.771. The van der Waals surface area contributed by atoms with Gasteiger partial charge in [0.1, 0.15) is 18.2 Å². The molecule has 1 saturated heterocycles. The summed E-state index contributed by atoms with van der Waals surface area (Å²) in [5, 5.41) is 3.44. The summed E-state index contributed by atoms with van der Waals surface area (Å²) in [4.78, 5) is 10.2. The van der Waals surface area contributed by atoms with Gasteiger partial charge in [0.25, 0.3) is 0 Å². The molecular formula is C18H23FN4O. The van der Waals surface area contributed by atoms with E-state index in [-0.39, 0.29) is 6.04 Å². The quantitative estimate of drug-likeness (QED) is 0.843. The highest BCUT2D eigenvalue weighted by atomic mass is 19.1. The normalized spacial score (nSPS) is 21.1. The smallest absolute Gasteiger partial charge is 0.123 e. The predicted molar refractivity (Wildman–Crippen MR) is 90.4 cm³/mol. The Morgan fingerprint density at radius 3 is 2.88 bits per heavy atom. The van der Waals surface area contributed by atoms with Gasteiger partial charge in [0.05, 0.1) is 7.11 Å². The van der Waals surface area contributed by atoms with Crippen molar-refractivity contribution in [2.75, 3.05) is 20.2 Å². The van der Waals surface area contributed by atoms with Crippen LogP contribution in [0.25, 0.3) is 0 Å². The van der Waals surface area contributed by atoms with Gasteiger partial charge in [-0.2, -0.15) is 0 Å². The molecular weight excluding hydrogens is 307 g/mol. The van der Waals surface area contributed by atoms with Crippen molar-refractivity contribution in [3.8, 4) is 5.75 Å². The van der Waals surface area contributed by atoms with Gasteiger partial charge < -0.3 is 10.1 Å². The third-order valence-electron chi connectivity index (χ3n) is 4.36. The third kappa shape index (κ3) is 4.27. The van der Waals surface area contributed by atoms with Gasteiger partial charge >= 0.3 is 0 Å². The summed E-state index contributed by atoms with van der Waals surface area (Å²) in [6.07, 6.45) is 4.88. The molecule has 0 spiro atoms. The van der Waals surface area contributed by atoms with E-state index in [9.17, 15) is 4.39 Å². The van der Waals surface area contributed by atoms with Crippen molar-refractivity contribution in [2.24, 2.45) is 0 Å². The lowest BCUT2D eigenvalue weighted by molar-refractivity contribution is 0.229. The number of methoxy groups -OCH3 is 1. The molecule has 2 atom stereocenters. The largest absolute Gasteiger partial charge is 0.496 e. The molecule has 1 aromatic carbocycles. The van der Waals surface area contributed by atoms with E-state index in [0.717, 1.165) is 23.4 Å². The highest BCUT2D eigenvalue weighted by Crippen LogP contribution is 2.22. The van der Waals surface area contributed by atoms with Crippen molar-refractivity contribution in [3.63, 3.8) is 0 Å². The molecule has 1 aromatic heterocycles. The van der Waals surface area contributed by atoms with E-state index in [0.29, 0.717) is 26.1 Å². The number of likely N-dealkylation sites (tertiary alicyclic amines) is 1. The number of nitrogens with zero attached hydrogens (tertiary/aromatic N) is 3. The summed E-state index contributed by atoms with van der Waals surface area (Å²) < 4.78 is 19.2. The topological polar surface area (TPSA) is 50.3 Å². The van der Waals surface area contributed by atoms with Gasteiger partial charge in [-0.3, -0.25) is 4.90 Å². The molecule has 5 nitrogen and oxygen atoms in total. The molecule has 1 fully saturated rings. The van der Waals surface area contributed by atoms with Gasteiger partial charge in [-0.25, -0.2) is 14.4 Å². The number of ether oxygens (including phenoxy) is 1. The number of aromatic nitrogens is 2. The second-order valence-corrected chi connectivity index (χ2v) is 6.11. The van der Waals surface area contributed by atoms with Crippen LogP contribution in [0, 0.1) is 0 Å². The molecule has 3 rings (SSSR count). The SMILES string of the molecule is COc1ccccc1CNC[C@@H]1C[C@H](F)CN1Cc1cncnc1. The van der Waals surface area contributed by atoms with E-state index in [1.165, 1.54) is 6.33 Å². The van der Waals surface area contributed by atoms with Crippen molar-refractivity contribution in [1.82, 2.24) is 20.2 Å². The minimum absolute atomic E-state index is 0.176. The summed E-state index contributed by atoms with van der Waals surface area (Å²) in [6, 6.07) is 8.11. The van der Waals surface area contributed by atoms with Crippen molar-refractivity contribution in [3.05, 3.63) is 54.1 Å². The molecule has 2 heterocycles. The molecule has 0 bridgehead atoms. The van der Waals surface area contributed by atoms with Gasteiger partial charge in [0.2, 0.25) is 0 Å². The monoisotopic (exact) mass is 330 g/mol. The van der Waals surface area contributed by atoms with Crippen LogP contribution in [0.15, 0.2) is 43.0 Å². The fourth-order valence-corrected chi connectivity index (χ4v) is 3.20. The second kappa shape index (κ2) is 8.17. The van der Waals surface area contributed by atoms with E-state index >= 15 is 0 Å². The number of nitrogens with one attached hydrogen (secondary N) is 1. The zero-order valence-corrected chi connectivity index (χ0v) is 13.9. The Morgan fingerprint density at radius 2 is 2.08 bits per heavy atom. The second-order valence-electron chi connectivity index (χ2n) is 6.11. The first kappa shape index (κ1) is 16.8. The number of hydrogen-bond donors (Lipinski definition) is 1. The molecule has 0 radical (unpaired) electrons. The van der Waals surface area contributed by atoms with Gasteiger partial charge in [-0.1, -0.05) is 18.2 Å². The predicted octanol–water partition coefficient (Wildman–Crippen LogP) is 2.19. The van der Waals surface area contributed by atoms with Crippen LogP contribution < -0.4 is 10.1 Å². The van der Waals surface area contributed by atoms with Crippen molar-refractivity contribution in [1.29, 1.82) is 0 Å². The molecule has 1 N–H and O–H groups in total. The van der Waals surface area contributed by atoms with Crippen LogP contribution in [0.1, 0.15) is 17.5 Å². The summed E-state index contributed by atoms with van der Waals surface area (Å²) in [6.45, 7) is 2.60. The van der Waals surface area contributed by atoms with Crippen LogP contribution in [0.2, 0.25) is 0 Å². The number of rotatable bonds is 7. The first-order valence-electron chi connectivity index (χ1n) is 8.21. The Bertz CT molecular complexity index is 640. The maximum atomic E-state index is 13.9. The number of benzene rings is 1. The molecule has 1 aliphatic heterocycles. The molecule has 6 heteroatoms. The summed E-state index contributed by atoms with van der Waals surface area (Å²) in [5.41, 5.74) is 2.12. The maximum Gasteiger partial charge on any atom is 0.123 e. The molecule has 1 aliphatic rings. The number of hydrogen-bond acceptors (Lipinski definition) is 5. The lowest BCUT2D eigenvalue weighted by Gasteiger charge is -2.24. The number of halogens is 1. The number of para-hydroxylation sites is 1. The molecule has 0 aliphatic carbocycles. The molecule has 128 valence electrons. The lowest BCUT2D eigenvalue weighted by atomic mass is 10.1. The van der Waals surface area contributed by atoms with Crippen LogP contribution >= 0.6 is 0 Å². The van der Waals surface area contributed by atoms with E-state index in [1.54, 1.807) is 19.5 Å². The highest BCUT2D eigenvalue weighted by molar-refractivity contribution is 5.32. The summed E-state index contributed by atoms with van der Waals surface area (Å²) in [5.74, 6) is 0.873. The van der Waals surface area contributed by atoms with Crippen molar-refractivity contribution >= 4 is 0 Å². The average Bonchev–Trinajstić information content (AvgIpc) is 2.95. The number of alkyl halides is 1. The molecule has 0 unspecified atom stereocenters. The van der Waals surface area contributed by atoms with E-state index < -0.39 is 6.17 Å². The van der Waals surface area contributed by atoms with Gasteiger partial charge in [-0.05, 0) is 12.5 Å². The summed E-state index contributed by atoms with van der Waals surface area (Å²) >= 11 is 0. The molecule has 2 aromatic rings. The highest BCUT2D eigenvalue weighted by Gasteiger charge is 2.31. The fourth-order valence-electron chi connectivity index (χ4n) is 3.20. The summed E-state index contributed by atoms with van der Waals surface area (Å²) in [7, 11) is 1.67. The minimum Gasteiger partial charge on any atom is -0.496 e. The zero-order chi connectivity index (χ0) is 16.8. The van der Waals surface area contributed by atoms with Crippen LogP contribution in [0.3, 0.4) is 0 Å². The van der Waals surface area contributed by atoms with Crippen LogP contribution in [-0.2, 0) is 13.1 Å². The van der Waals surface area contributed by atoms with E-state index in [1.807, 2.05) is 24.3 Å². The van der Waals surface area contributed by atoms with Crippen LogP contribution in [0.4, 0.5) is 4.39 Å². The van der Waals surface area contributed by atoms with E-state index in [2.05, 4.69) is 20.2 Å². The first-order valence-corrected chi connectivity index (χ1v) is 8.21. The first-order chi connectivity index (χ1) is 11.8.